The van der Waals surface area contributed by atoms with Gasteiger partial charge in [0.2, 0.25) is 0 Å². The Morgan fingerprint density at radius 2 is 1.90 bits per heavy atom. The zero-order chi connectivity index (χ0) is 20.8. The van der Waals surface area contributed by atoms with Crippen molar-refractivity contribution in [2.75, 3.05) is 6.61 Å². The summed E-state index contributed by atoms with van der Waals surface area (Å²) in [7, 11) is 0. The first-order valence-corrected chi connectivity index (χ1v) is 9.24. The smallest absolute Gasteiger partial charge is 0.344 e. The van der Waals surface area contributed by atoms with Gasteiger partial charge in [-0.25, -0.2) is 9.78 Å². The lowest BCUT2D eigenvalue weighted by Gasteiger charge is -2.14. The molecule has 148 valence electrons. The minimum atomic E-state index is -0.588. The molecule has 0 atom stereocenters. The Morgan fingerprint density at radius 1 is 1.17 bits per heavy atom. The van der Waals surface area contributed by atoms with E-state index in [2.05, 4.69) is 4.98 Å². The Balaban J connectivity index is 1.72. The number of aromatic nitrogens is 2. The number of hydrogen-bond donors (Lipinski definition) is 0. The normalized spacial score (nSPS) is 10.7. The summed E-state index contributed by atoms with van der Waals surface area (Å²) >= 11 is 0. The summed E-state index contributed by atoms with van der Waals surface area (Å²) in [5.74, 6) is 0.509. The van der Waals surface area contributed by atoms with Gasteiger partial charge in [0.1, 0.15) is 18.9 Å². The Hall–Kier alpha value is -3.66. The van der Waals surface area contributed by atoms with E-state index < -0.39 is 5.97 Å². The maximum absolute atomic E-state index is 12.6. The van der Waals surface area contributed by atoms with Crippen molar-refractivity contribution < 1.29 is 14.3 Å². The quantitative estimate of drug-likeness (QED) is 0.574. The van der Waals surface area contributed by atoms with E-state index in [1.54, 1.807) is 30.3 Å². The van der Waals surface area contributed by atoms with Crippen LogP contribution in [0.4, 0.5) is 0 Å². The SMILES string of the molecule is CC(C)c1ccccc1OCC(=O)OCc1nc2ccccc2c(=O)n1CC#N. The van der Waals surface area contributed by atoms with Crippen LogP contribution in [0.5, 0.6) is 5.75 Å². The predicted octanol–water partition coefficient (Wildman–Crippen LogP) is 3.17. The van der Waals surface area contributed by atoms with Crippen LogP contribution in [-0.4, -0.2) is 22.1 Å². The van der Waals surface area contributed by atoms with E-state index in [0.29, 0.717) is 16.7 Å². The molecule has 3 rings (SSSR count). The molecular weight excluding hydrogens is 370 g/mol. The van der Waals surface area contributed by atoms with Crippen LogP contribution in [0.2, 0.25) is 0 Å². The average molecular weight is 391 g/mol. The van der Waals surface area contributed by atoms with Crippen molar-refractivity contribution in [1.82, 2.24) is 9.55 Å². The second kappa shape index (κ2) is 9.02. The third-order valence-corrected chi connectivity index (χ3v) is 4.42. The molecule has 7 heteroatoms. The lowest BCUT2D eigenvalue weighted by molar-refractivity contribution is -0.147. The van der Waals surface area contributed by atoms with Crippen molar-refractivity contribution >= 4 is 16.9 Å². The Kier molecular flexibility index (Phi) is 6.25. The van der Waals surface area contributed by atoms with Gasteiger partial charge in [0, 0.05) is 0 Å². The molecule has 3 aromatic rings. The van der Waals surface area contributed by atoms with Crippen molar-refractivity contribution in [2.45, 2.75) is 32.9 Å². The number of esters is 1. The van der Waals surface area contributed by atoms with E-state index in [1.807, 2.05) is 38.1 Å². The van der Waals surface area contributed by atoms with Gasteiger partial charge in [-0.05, 0) is 29.7 Å². The number of carbonyl (C=O) groups is 1. The van der Waals surface area contributed by atoms with Crippen LogP contribution in [0.3, 0.4) is 0 Å². The van der Waals surface area contributed by atoms with Crippen molar-refractivity contribution in [3.8, 4) is 11.8 Å². The number of para-hydroxylation sites is 2. The van der Waals surface area contributed by atoms with Gasteiger partial charge in [0.05, 0.1) is 17.0 Å². The van der Waals surface area contributed by atoms with Gasteiger partial charge in [-0.1, -0.05) is 44.2 Å². The Labute approximate surface area is 168 Å². The van der Waals surface area contributed by atoms with Crippen LogP contribution in [-0.2, 0) is 22.7 Å². The van der Waals surface area contributed by atoms with E-state index >= 15 is 0 Å². The molecule has 29 heavy (non-hydrogen) atoms. The molecule has 0 amide bonds. The summed E-state index contributed by atoms with van der Waals surface area (Å²) in [6.45, 7) is 3.41. The Morgan fingerprint density at radius 3 is 2.66 bits per heavy atom. The first-order valence-electron chi connectivity index (χ1n) is 9.24. The minimum absolute atomic E-state index is 0.179. The Bertz CT molecular complexity index is 1130. The number of hydrogen-bond acceptors (Lipinski definition) is 6. The first-order chi connectivity index (χ1) is 14.0. The van der Waals surface area contributed by atoms with Gasteiger partial charge in [-0.3, -0.25) is 9.36 Å². The number of nitrogens with zero attached hydrogens (tertiary/aromatic N) is 3. The highest BCUT2D eigenvalue weighted by atomic mass is 16.6. The number of nitriles is 1. The standard InChI is InChI=1S/C22H21N3O4/c1-15(2)16-7-4-6-10-19(16)28-14-21(26)29-13-20-24-18-9-5-3-8-17(18)22(27)25(20)12-11-23/h3-10,15H,12-14H2,1-2H3. The molecule has 2 aromatic carbocycles. The van der Waals surface area contributed by atoms with E-state index in [0.717, 1.165) is 5.56 Å². The number of benzene rings is 2. The van der Waals surface area contributed by atoms with Crippen molar-refractivity contribution in [2.24, 2.45) is 0 Å². The maximum Gasteiger partial charge on any atom is 0.344 e. The van der Waals surface area contributed by atoms with Gasteiger partial charge in [-0.15, -0.1) is 0 Å². The maximum atomic E-state index is 12.6. The van der Waals surface area contributed by atoms with E-state index in [1.165, 1.54) is 4.57 Å². The molecule has 0 saturated carbocycles. The zero-order valence-corrected chi connectivity index (χ0v) is 16.3. The minimum Gasteiger partial charge on any atom is -0.482 e. The largest absolute Gasteiger partial charge is 0.482 e. The second-order valence-electron chi connectivity index (χ2n) is 6.74. The highest BCUT2D eigenvalue weighted by Gasteiger charge is 2.14. The van der Waals surface area contributed by atoms with Crippen molar-refractivity contribution in [3.63, 3.8) is 0 Å². The molecular formula is C22H21N3O4. The van der Waals surface area contributed by atoms with Gasteiger partial charge < -0.3 is 9.47 Å². The molecule has 0 bridgehead atoms. The fourth-order valence-corrected chi connectivity index (χ4v) is 2.97. The molecule has 1 heterocycles. The molecule has 0 fully saturated rings. The summed E-state index contributed by atoms with van der Waals surface area (Å²) < 4.78 is 12.1. The number of ether oxygens (including phenoxy) is 2. The van der Waals surface area contributed by atoms with Crippen LogP contribution < -0.4 is 10.3 Å². The van der Waals surface area contributed by atoms with E-state index in [4.69, 9.17) is 14.7 Å². The van der Waals surface area contributed by atoms with Crippen LogP contribution in [0.15, 0.2) is 53.3 Å². The zero-order valence-electron chi connectivity index (χ0n) is 16.3. The van der Waals surface area contributed by atoms with E-state index in [-0.39, 0.29) is 37.1 Å². The highest BCUT2D eigenvalue weighted by Crippen LogP contribution is 2.25. The lowest BCUT2D eigenvalue weighted by atomic mass is 10.0. The highest BCUT2D eigenvalue weighted by molar-refractivity contribution is 5.77. The summed E-state index contributed by atoms with van der Waals surface area (Å²) in [6.07, 6.45) is 0. The third-order valence-electron chi connectivity index (χ3n) is 4.42. The molecule has 0 aliphatic heterocycles. The fraction of sp³-hybridized carbons (Fsp3) is 0.273. The molecule has 7 nitrogen and oxygen atoms in total. The lowest BCUT2D eigenvalue weighted by Crippen LogP contribution is -2.26. The second-order valence-corrected chi connectivity index (χ2v) is 6.74. The van der Waals surface area contributed by atoms with Crippen LogP contribution in [0.1, 0.15) is 31.2 Å². The first kappa shape index (κ1) is 20.1. The van der Waals surface area contributed by atoms with Gasteiger partial charge in [0.25, 0.3) is 5.56 Å². The number of fused-ring (bicyclic) bond motifs is 1. The van der Waals surface area contributed by atoms with Crippen LogP contribution >= 0.6 is 0 Å². The summed E-state index contributed by atoms with van der Waals surface area (Å²) in [5.41, 5.74) is 1.14. The molecule has 0 saturated heterocycles. The molecule has 0 N–H and O–H groups in total. The molecule has 0 spiro atoms. The van der Waals surface area contributed by atoms with Crippen molar-refractivity contribution in [1.29, 1.82) is 5.26 Å². The third kappa shape index (κ3) is 4.61. The summed E-state index contributed by atoms with van der Waals surface area (Å²) in [5, 5.41) is 9.44. The van der Waals surface area contributed by atoms with Crippen LogP contribution in [0.25, 0.3) is 10.9 Å². The summed E-state index contributed by atoms with van der Waals surface area (Å²) in [6, 6.07) is 16.3. The molecule has 0 aliphatic rings. The van der Waals surface area contributed by atoms with Crippen molar-refractivity contribution in [3.05, 3.63) is 70.3 Å². The average Bonchev–Trinajstić information content (AvgIpc) is 2.73. The molecule has 0 aliphatic carbocycles. The molecule has 0 unspecified atom stereocenters. The number of carbonyl (C=O) groups excluding carboxylic acids is 1. The number of rotatable bonds is 7. The predicted molar refractivity (Wildman–Crippen MR) is 107 cm³/mol. The van der Waals surface area contributed by atoms with E-state index in [9.17, 15) is 9.59 Å². The summed E-state index contributed by atoms with van der Waals surface area (Å²) in [4.78, 5) is 29.1. The monoisotopic (exact) mass is 391 g/mol. The molecule has 1 aromatic heterocycles. The van der Waals surface area contributed by atoms with Crippen LogP contribution in [0, 0.1) is 11.3 Å². The topological polar surface area (TPSA) is 94.2 Å². The van der Waals surface area contributed by atoms with Gasteiger partial charge in [0.15, 0.2) is 12.4 Å². The van der Waals surface area contributed by atoms with Gasteiger partial charge in [-0.2, -0.15) is 5.26 Å². The molecule has 0 radical (unpaired) electrons. The van der Waals surface area contributed by atoms with Gasteiger partial charge >= 0.3 is 5.97 Å². The fourth-order valence-electron chi connectivity index (χ4n) is 2.97.